The highest BCUT2D eigenvalue weighted by Gasteiger charge is 2.24. The number of aliphatic imine (C=N–C) groups is 1. The molecule has 2 unspecified atom stereocenters. The Kier molecular flexibility index (Phi) is 9.54. The summed E-state index contributed by atoms with van der Waals surface area (Å²) in [6.45, 7) is 3.32. The molecule has 2 atom stereocenters. The monoisotopic (exact) mass is 498 g/mol. The summed E-state index contributed by atoms with van der Waals surface area (Å²) in [6, 6.07) is 6.98. The summed E-state index contributed by atoms with van der Waals surface area (Å²) in [4.78, 5) is 4.72. The molecule has 0 aromatic heterocycles. The van der Waals surface area contributed by atoms with Gasteiger partial charge in [0.1, 0.15) is 0 Å². The van der Waals surface area contributed by atoms with E-state index in [0.717, 1.165) is 29.7 Å². The SMILES string of the molecule is CCNC(=NCc1ccc(S(N)(=O)=O)cc1)NC1CCC(SC)C1.I. The van der Waals surface area contributed by atoms with Crippen LogP contribution in [0.25, 0.3) is 0 Å². The number of thioether (sulfide) groups is 1. The highest BCUT2D eigenvalue weighted by molar-refractivity contribution is 14.0. The molecule has 25 heavy (non-hydrogen) atoms. The van der Waals surface area contributed by atoms with Gasteiger partial charge in [0, 0.05) is 17.8 Å². The largest absolute Gasteiger partial charge is 0.357 e. The molecule has 0 radical (unpaired) electrons. The van der Waals surface area contributed by atoms with Crippen LogP contribution in [0, 0.1) is 0 Å². The minimum atomic E-state index is -3.65. The molecule has 1 aromatic carbocycles. The normalized spacial score (nSPS) is 20.8. The van der Waals surface area contributed by atoms with E-state index in [2.05, 4.69) is 21.9 Å². The highest BCUT2D eigenvalue weighted by Crippen LogP contribution is 2.28. The Balaban J connectivity index is 0.00000312. The van der Waals surface area contributed by atoms with Crippen LogP contribution in [0.3, 0.4) is 0 Å². The molecule has 4 N–H and O–H groups in total. The van der Waals surface area contributed by atoms with Gasteiger partial charge < -0.3 is 10.6 Å². The molecule has 142 valence electrons. The van der Waals surface area contributed by atoms with Crippen molar-refractivity contribution in [3.05, 3.63) is 29.8 Å². The van der Waals surface area contributed by atoms with Crippen molar-refractivity contribution in [1.82, 2.24) is 10.6 Å². The Labute approximate surface area is 171 Å². The number of nitrogens with zero attached hydrogens (tertiary/aromatic N) is 1. The summed E-state index contributed by atoms with van der Waals surface area (Å²) in [5, 5.41) is 12.6. The molecule has 1 fully saturated rings. The fraction of sp³-hybridized carbons (Fsp3) is 0.562. The highest BCUT2D eigenvalue weighted by atomic mass is 127. The second kappa shape index (κ2) is 10.6. The molecule has 0 saturated heterocycles. The van der Waals surface area contributed by atoms with Gasteiger partial charge in [-0.05, 0) is 50.1 Å². The summed E-state index contributed by atoms with van der Waals surface area (Å²) in [5.74, 6) is 0.805. The van der Waals surface area contributed by atoms with Crippen molar-refractivity contribution in [1.29, 1.82) is 0 Å². The van der Waals surface area contributed by atoms with Crippen LogP contribution in [-0.4, -0.2) is 38.5 Å². The second-order valence-corrected chi connectivity index (χ2v) is 8.60. The molecule has 0 heterocycles. The van der Waals surface area contributed by atoms with Crippen molar-refractivity contribution in [3.63, 3.8) is 0 Å². The number of nitrogens with two attached hydrogens (primary N) is 1. The van der Waals surface area contributed by atoms with E-state index in [0.29, 0.717) is 12.6 Å². The molecule has 0 spiro atoms. The van der Waals surface area contributed by atoms with Gasteiger partial charge in [0.2, 0.25) is 10.0 Å². The first-order chi connectivity index (χ1) is 11.4. The molecule has 0 aliphatic heterocycles. The van der Waals surface area contributed by atoms with E-state index in [4.69, 9.17) is 5.14 Å². The van der Waals surface area contributed by atoms with Gasteiger partial charge in [-0.1, -0.05) is 12.1 Å². The molecule has 1 saturated carbocycles. The smallest absolute Gasteiger partial charge is 0.238 e. The average Bonchev–Trinajstić information content (AvgIpc) is 3.00. The molecule has 6 nitrogen and oxygen atoms in total. The molecule has 1 aromatic rings. The first-order valence-corrected chi connectivity index (χ1v) is 10.9. The zero-order chi connectivity index (χ0) is 17.6. The van der Waals surface area contributed by atoms with Gasteiger partial charge in [-0.25, -0.2) is 18.5 Å². The van der Waals surface area contributed by atoms with Crippen LogP contribution in [0.1, 0.15) is 31.7 Å². The zero-order valence-electron chi connectivity index (χ0n) is 14.6. The van der Waals surface area contributed by atoms with Gasteiger partial charge in [-0.3, -0.25) is 0 Å². The first kappa shape index (κ1) is 22.5. The van der Waals surface area contributed by atoms with E-state index in [1.165, 1.54) is 25.0 Å². The van der Waals surface area contributed by atoms with Crippen LogP contribution in [-0.2, 0) is 16.6 Å². The maximum atomic E-state index is 11.3. The maximum Gasteiger partial charge on any atom is 0.238 e. The maximum absolute atomic E-state index is 11.3. The van der Waals surface area contributed by atoms with Crippen LogP contribution in [0.15, 0.2) is 34.2 Å². The van der Waals surface area contributed by atoms with Crippen LogP contribution in [0.4, 0.5) is 0 Å². The lowest BCUT2D eigenvalue weighted by Gasteiger charge is -2.17. The Bertz CT molecular complexity index is 665. The summed E-state index contributed by atoms with van der Waals surface area (Å²) in [5.41, 5.74) is 0.938. The van der Waals surface area contributed by atoms with E-state index in [1.54, 1.807) is 12.1 Å². The fourth-order valence-electron chi connectivity index (χ4n) is 2.75. The van der Waals surface area contributed by atoms with Crippen LogP contribution >= 0.6 is 35.7 Å². The number of hydrogen-bond acceptors (Lipinski definition) is 4. The number of benzene rings is 1. The lowest BCUT2D eigenvalue weighted by atomic mass is 10.2. The summed E-state index contributed by atoms with van der Waals surface area (Å²) in [7, 11) is -3.65. The second-order valence-electron chi connectivity index (χ2n) is 5.90. The van der Waals surface area contributed by atoms with Crippen molar-refractivity contribution in [2.24, 2.45) is 10.1 Å². The third-order valence-corrected chi connectivity index (χ3v) is 6.10. The number of primary sulfonamides is 1. The van der Waals surface area contributed by atoms with Crippen molar-refractivity contribution in [2.75, 3.05) is 12.8 Å². The lowest BCUT2D eigenvalue weighted by molar-refractivity contribution is 0.597. The summed E-state index contributed by atoms with van der Waals surface area (Å²) < 4.78 is 22.5. The first-order valence-electron chi connectivity index (χ1n) is 8.11. The van der Waals surface area contributed by atoms with Gasteiger partial charge in [-0.15, -0.1) is 24.0 Å². The Morgan fingerprint density at radius 1 is 1.32 bits per heavy atom. The van der Waals surface area contributed by atoms with Crippen molar-refractivity contribution in [3.8, 4) is 0 Å². The minimum absolute atomic E-state index is 0. The predicted octanol–water partition coefficient (Wildman–Crippen LogP) is 2.29. The van der Waals surface area contributed by atoms with E-state index >= 15 is 0 Å². The van der Waals surface area contributed by atoms with Crippen LogP contribution in [0.2, 0.25) is 0 Å². The van der Waals surface area contributed by atoms with Gasteiger partial charge >= 0.3 is 0 Å². The fourth-order valence-corrected chi connectivity index (χ4v) is 4.07. The summed E-state index contributed by atoms with van der Waals surface area (Å²) in [6.07, 6.45) is 5.73. The lowest BCUT2D eigenvalue weighted by Crippen LogP contribution is -2.42. The van der Waals surface area contributed by atoms with E-state index in [9.17, 15) is 8.42 Å². The molecule has 2 rings (SSSR count). The molecule has 1 aliphatic rings. The van der Waals surface area contributed by atoms with Gasteiger partial charge in [0.05, 0.1) is 11.4 Å². The molecule has 0 bridgehead atoms. The standard InChI is InChI=1S/C16H26N4O2S2.HI/c1-3-18-16(20-13-6-7-14(10-13)23-2)19-11-12-4-8-15(9-5-12)24(17,21)22;/h4-5,8-9,13-14H,3,6-7,10-11H2,1-2H3,(H2,17,21,22)(H2,18,19,20);1H. The van der Waals surface area contributed by atoms with Gasteiger partial charge in [-0.2, -0.15) is 11.8 Å². The Morgan fingerprint density at radius 2 is 2.00 bits per heavy atom. The zero-order valence-corrected chi connectivity index (χ0v) is 18.5. The average molecular weight is 498 g/mol. The number of rotatable bonds is 6. The van der Waals surface area contributed by atoms with Crippen molar-refractivity contribution < 1.29 is 8.42 Å². The summed E-state index contributed by atoms with van der Waals surface area (Å²) >= 11 is 1.93. The third kappa shape index (κ3) is 7.32. The van der Waals surface area contributed by atoms with Gasteiger partial charge in [0.15, 0.2) is 5.96 Å². The molecular formula is C16H27IN4O2S2. The van der Waals surface area contributed by atoms with Crippen LogP contribution in [0.5, 0.6) is 0 Å². The number of halogens is 1. The van der Waals surface area contributed by atoms with E-state index in [-0.39, 0.29) is 28.9 Å². The quantitative estimate of drug-likeness (QED) is 0.318. The number of guanidine groups is 1. The number of hydrogen-bond donors (Lipinski definition) is 3. The molecule has 1 aliphatic carbocycles. The molecule has 9 heteroatoms. The molecule has 0 amide bonds. The van der Waals surface area contributed by atoms with Crippen molar-refractivity contribution in [2.45, 2.75) is 48.9 Å². The topological polar surface area (TPSA) is 96.6 Å². The van der Waals surface area contributed by atoms with Crippen molar-refractivity contribution >= 4 is 51.7 Å². The van der Waals surface area contributed by atoms with Crippen LogP contribution < -0.4 is 15.8 Å². The predicted molar refractivity (Wildman–Crippen MR) is 116 cm³/mol. The number of sulfonamides is 1. The Hall–Kier alpha value is -0.520. The van der Waals surface area contributed by atoms with E-state index < -0.39 is 10.0 Å². The van der Waals surface area contributed by atoms with Gasteiger partial charge in [0.25, 0.3) is 0 Å². The third-order valence-electron chi connectivity index (χ3n) is 4.07. The van der Waals surface area contributed by atoms with E-state index in [1.807, 2.05) is 18.7 Å². The number of nitrogens with one attached hydrogen (secondary N) is 2. The Morgan fingerprint density at radius 3 is 2.52 bits per heavy atom. The minimum Gasteiger partial charge on any atom is -0.357 e. The molecular weight excluding hydrogens is 471 g/mol.